The molecule has 1 atom stereocenters. The molecule has 88 valence electrons. The fraction of sp³-hybridized carbons (Fsp3) is 0.875. The third-order valence-corrected chi connectivity index (χ3v) is 3.67. The van der Waals surface area contributed by atoms with Crippen LogP contribution in [0.3, 0.4) is 0 Å². The summed E-state index contributed by atoms with van der Waals surface area (Å²) in [6, 6.07) is -0.631. The molecule has 0 bridgehead atoms. The highest BCUT2D eigenvalue weighted by Gasteiger charge is 2.34. The van der Waals surface area contributed by atoms with Crippen molar-refractivity contribution in [3.05, 3.63) is 0 Å². The molecule has 0 aromatic heterocycles. The first kappa shape index (κ1) is 12.4. The molecule has 6 nitrogen and oxygen atoms in total. The highest BCUT2D eigenvalue weighted by atomic mass is 32.2. The molecule has 1 N–H and O–H groups in total. The number of nitrogens with one attached hydrogen (secondary N) is 1. The number of carbonyl (C=O) groups is 1. The smallest absolute Gasteiger partial charge is 0.261 e. The van der Waals surface area contributed by atoms with Crippen LogP contribution in [-0.2, 0) is 19.7 Å². The summed E-state index contributed by atoms with van der Waals surface area (Å²) in [4.78, 5) is 16.0. The Morgan fingerprint density at radius 1 is 1.47 bits per heavy atom. The van der Waals surface area contributed by atoms with Crippen LogP contribution < -0.4 is 5.48 Å². The van der Waals surface area contributed by atoms with Gasteiger partial charge in [0.2, 0.25) is 10.0 Å². The lowest BCUT2D eigenvalue weighted by atomic mass is 10.0. The maximum Gasteiger partial charge on any atom is 0.261 e. The van der Waals surface area contributed by atoms with Crippen LogP contribution >= 0.6 is 0 Å². The van der Waals surface area contributed by atoms with Gasteiger partial charge in [-0.15, -0.1) is 0 Å². The molecule has 1 rings (SSSR count). The van der Waals surface area contributed by atoms with E-state index in [2.05, 4.69) is 10.3 Å². The molecular weight excluding hydrogens is 220 g/mol. The summed E-state index contributed by atoms with van der Waals surface area (Å²) in [5, 5.41) is 0. The van der Waals surface area contributed by atoms with Crippen LogP contribution in [0.25, 0.3) is 0 Å². The van der Waals surface area contributed by atoms with Crippen molar-refractivity contribution in [3.8, 4) is 0 Å². The maximum atomic E-state index is 11.5. The summed E-state index contributed by atoms with van der Waals surface area (Å²) in [5.74, 6) is -0.400. The van der Waals surface area contributed by atoms with Gasteiger partial charge in [0, 0.05) is 6.54 Å². The second-order valence-electron chi connectivity index (χ2n) is 3.56. The number of rotatable bonds is 3. The van der Waals surface area contributed by atoms with E-state index in [0.717, 1.165) is 19.1 Å². The van der Waals surface area contributed by atoms with Crippen molar-refractivity contribution in [1.29, 1.82) is 0 Å². The predicted molar refractivity (Wildman–Crippen MR) is 54.3 cm³/mol. The topological polar surface area (TPSA) is 75.7 Å². The molecule has 1 amide bonds. The highest BCUT2D eigenvalue weighted by Crippen LogP contribution is 2.19. The fourth-order valence-electron chi connectivity index (χ4n) is 1.73. The van der Waals surface area contributed by atoms with Crippen LogP contribution in [0, 0.1) is 0 Å². The van der Waals surface area contributed by atoms with Gasteiger partial charge in [-0.05, 0) is 12.8 Å². The van der Waals surface area contributed by atoms with E-state index in [1.165, 1.54) is 11.4 Å². The molecule has 1 unspecified atom stereocenters. The summed E-state index contributed by atoms with van der Waals surface area (Å²) in [5.41, 5.74) is 2.17. The van der Waals surface area contributed by atoms with Gasteiger partial charge in [0.15, 0.2) is 0 Å². The van der Waals surface area contributed by atoms with Crippen molar-refractivity contribution in [2.24, 2.45) is 0 Å². The Hall–Kier alpha value is -0.660. The average Bonchev–Trinajstić information content (AvgIpc) is 2.17. The normalized spacial score (nSPS) is 23.7. The predicted octanol–water partition coefficient (Wildman–Crippen LogP) is -0.522. The largest absolute Gasteiger partial charge is 0.277 e. The molecular formula is C8H16N2O4S. The summed E-state index contributed by atoms with van der Waals surface area (Å²) in [6.45, 7) is 0.403. The van der Waals surface area contributed by atoms with Gasteiger partial charge < -0.3 is 0 Å². The minimum atomic E-state index is -3.32. The zero-order chi connectivity index (χ0) is 11.5. The SMILES string of the molecule is CONC(=O)C1CCCCN1S(C)(=O)=O. The number of piperidine rings is 1. The zero-order valence-corrected chi connectivity index (χ0v) is 9.71. The van der Waals surface area contributed by atoms with Crippen LogP contribution in [0.4, 0.5) is 0 Å². The van der Waals surface area contributed by atoms with Crippen molar-refractivity contribution in [2.45, 2.75) is 25.3 Å². The summed E-state index contributed by atoms with van der Waals surface area (Å²) in [7, 11) is -2.00. The Labute approximate surface area is 89.6 Å². The Balaban J connectivity index is 2.79. The van der Waals surface area contributed by atoms with E-state index in [9.17, 15) is 13.2 Å². The average molecular weight is 236 g/mol. The first-order chi connectivity index (χ1) is 6.96. The molecule has 1 aliphatic rings. The van der Waals surface area contributed by atoms with E-state index in [1.54, 1.807) is 0 Å². The minimum Gasteiger partial charge on any atom is -0.277 e. The van der Waals surface area contributed by atoms with Gasteiger partial charge in [-0.3, -0.25) is 9.63 Å². The number of carbonyl (C=O) groups excluding carboxylic acids is 1. The van der Waals surface area contributed by atoms with Crippen LogP contribution in [0.5, 0.6) is 0 Å². The molecule has 0 saturated carbocycles. The number of hydroxylamine groups is 1. The van der Waals surface area contributed by atoms with Crippen molar-refractivity contribution < 1.29 is 18.0 Å². The molecule has 1 aliphatic heterocycles. The molecule has 0 radical (unpaired) electrons. The molecule has 0 aromatic carbocycles. The lowest BCUT2D eigenvalue weighted by Gasteiger charge is -2.32. The Morgan fingerprint density at radius 3 is 2.67 bits per heavy atom. The van der Waals surface area contributed by atoms with Crippen molar-refractivity contribution >= 4 is 15.9 Å². The Bertz CT molecular complexity index is 328. The fourth-order valence-corrected chi connectivity index (χ4v) is 2.86. The van der Waals surface area contributed by atoms with E-state index >= 15 is 0 Å². The quantitative estimate of drug-likeness (QED) is 0.669. The van der Waals surface area contributed by atoms with Gasteiger partial charge in [0.05, 0.1) is 13.4 Å². The van der Waals surface area contributed by atoms with Crippen LogP contribution in [0.1, 0.15) is 19.3 Å². The van der Waals surface area contributed by atoms with Crippen molar-refractivity contribution in [1.82, 2.24) is 9.79 Å². The third kappa shape index (κ3) is 3.15. The van der Waals surface area contributed by atoms with Gasteiger partial charge >= 0.3 is 0 Å². The minimum absolute atomic E-state index is 0.400. The van der Waals surface area contributed by atoms with Crippen molar-refractivity contribution in [3.63, 3.8) is 0 Å². The number of nitrogens with zero attached hydrogens (tertiary/aromatic N) is 1. The Kier molecular flexibility index (Phi) is 4.06. The maximum absolute atomic E-state index is 11.5. The molecule has 0 aliphatic carbocycles. The van der Waals surface area contributed by atoms with Crippen LogP contribution in [-0.4, -0.2) is 44.6 Å². The first-order valence-corrected chi connectivity index (χ1v) is 6.61. The molecule has 7 heteroatoms. The number of hydrogen-bond acceptors (Lipinski definition) is 4. The molecule has 0 spiro atoms. The van der Waals surface area contributed by atoms with Crippen LogP contribution in [0.15, 0.2) is 0 Å². The Morgan fingerprint density at radius 2 is 2.13 bits per heavy atom. The summed E-state index contributed by atoms with van der Waals surface area (Å²) >= 11 is 0. The van der Waals surface area contributed by atoms with Gasteiger partial charge in [-0.1, -0.05) is 6.42 Å². The third-order valence-electron chi connectivity index (χ3n) is 2.38. The number of sulfonamides is 1. The van der Waals surface area contributed by atoms with E-state index < -0.39 is 22.0 Å². The molecule has 1 heterocycles. The van der Waals surface area contributed by atoms with Gasteiger partial charge in [0.25, 0.3) is 5.91 Å². The summed E-state index contributed by atoms with van der Waals surface area (Å²) in [6.07, 6.45) is 3.31. The second kappa shape index (κ2) is 4.91. The lowest BCUT2D eigenvalue weighted by molar-refractivity contribution is -0.136. The molecule has 1 saturated heterocycles. The standard InChI is InChI=1S/C8H16N2O4S/c1-14-9-8(11)7-5-3-4-6-10(7)15(2,12)13/h7H,3-6H2,1-2H3,(H,9,11). The zero-order valence-electron chi connectivity index (χ0n) is 8.89. The number of hydrogen-bond donors (Lipinski definition) is 1. The number of amides is 1. The van der Waals surface area contributed by atoms with Gasteiger partial charge in [0.1, 0.15) is 6.04 Å². The van der Waals surface area contributed by atoms with Gasteiger partial charge in [-0.25, -0.2) is 13.9 Å². The van der Waals surface area contributed by atoms with Gasteiger partial charge in [-0.2, -0.15) is 4.31 Å². The van der Waals surface area contributed by atoms with E-state index in [-0.39, 0.29) is 0 Å². The molecule has 0 aromatic rings. The molecule has 15 heavy (non-hydrogen) atoms. The van der Waals surface area contributed by atoms with Crippen molar-refractivity contribution in [2.75, 3.05) is 19.9 Å². The summed E-state index contributed by atoms with van der Waals surface area (Å²) < 4.78 is 24.0. The van der Waals surface area contributed by atoms with E-state index in [0.29, 0.717) is 13.0 Å². The first-order valence-electron chi connectivity index (χ1n) is 4.76. The highest BCUT2D eigenvalue weighted by molar-refractivity contribution is 7.88. The molecule has 1 fully saturated rings. The van der Waals surface area contributed by atoms with Crippen LogP contribution in [0.2, 0.25) is 0 Å². The monoisotopic (exact) mass is 236 g/mol. The van der Waals surface area contributed by atoms with E-state index in [4.69, 9.17) is 0 Å². The van der Waals surface area contributed by atoms with E-state index in [1.807, 2.05) is 0 Å². The second-order valence-corrected chi connectivity index (χ2v) is 5.49. The lowest BCUT2D eigenvalue weighted by Crippen LogP contribution is -2.51.